The number of hydrogen-bond donors (Lipinski definition) is 1. The van der Waals surface area contributed by atoms with E-state index in [1.165, 1.54) is 31.4 Å². The second kappa shape index (κ2) is 8.72. The third kappa shape index (κ3) is 4.78. The van der Waals surface area contributed by atoms with Gasteiger partial charge in [-0.1, -0.05) is 60.0 Å². The van der Waals surface area contributed by atoms with Gasteiger partial charge in [-0.15, -0.1) is 0 Å². The summed E-state index contributed by atoms with van der Waals surface area (Å²) in [6.07, 6.45) is 3.73. The van der Waals surface area contributed by atoms with Crippen LogP contribution in [0.3, 0.4) is 0 Å². The first-order valence-corrected chi connectivity index (χ1v) is 10.9. The van der Waals surface area contributed by atoms with Gasteiger partial charge in [-0.2, -0.15) is 0 Å². The lowest BCUT2D eigenvalue weighted by molar-refractivity contribution is 0.220. The minimum atomic E-state index is -3.80. The van der Waals surface area contributed by atoms with Crippen molar-refractivity contribution in [3.63, 3.8) is 0 Å². The largest absolute Gasteiger partial charge is 0.299 e. The van der Waals surface area contributed by atoms with Crippen molar-refractivity contribution >= 4 is 33.2 Å². The molecule has 4 nitrogen and oxygen atoms in total. The quantitative estimate of drug-likeness (QED) is 0.761. The average Bonchev–Trinajstić information content (AvgIpc) is 2.61. The zero-order valence-corrected chi connectivity index (χ0v) is 16.7. The summed E-state index contributed by atoms with van der Waals surface area (Å²) in [6.45, 7) is 3.23. The highest BCUT2D eigenvalue weighted by molar-refractivity contribution is 7.89. The van der Waals surface area contributed by atoms with Crippen molar-refractivity contribution in [1.82, 2.24) is 9.62 Å². The first kappa shape index (κ1) is 19.6. The maximum Gasteiger partial charge on any atom is 0.243 e. The summed E-state index contributed by atoms with van der Waals surface area (Å²) in [6, 6.07) is 12.6. The lowest BCUT2D eigenvalue weighted by Gasteiger charge is -2.27. The Morgan fingerprint density at radius 3 is 2.15 bits per heavy atom. The molecule has 2 aromatic carbocycles. The number of hydrogen-bond acceptors (Lipinski definition) is 3. The van der Waals surface area contributed by atoms with E-state index in [1.54, 1.807) is 6.07 Å². The van der Waals surface area contributed by atoms with Gasteiger partial charge in [0.05, 0.1) is 10.0 Å². The van der Waals surface area contributed by atoms with E-state index in [9.17, 15) is 8.42 Å². The second-order valence-corrected chi connectivity index (χ2v) is 9.00. The van der Waals surface area contributed by atoms with Crippen LogP contribution in [0, 0.1) is 0 Å². The van der Waals surface area contributed by atoms with Crippen LogP contribution in [-0.4, -0.2) is 26.4 Å². The van der Waals surface area contributed by atoms with Gasteiger partial charge in [-0.25, -0.2) is 13.1 Å². The molecule has 0 spiro atoms. The molecule has 0 atom stereocenters. The third-order valence-corrected chi connectivity index (χ3v) is 6.96. The molecule has 1 N–H and O–H groups in total. The van der Waals surface area contributed by atoms with Gasteiger partial charge in [0.2, 0.25) is 10.0 Å². The van der Waals surface area contributed by atoms with Gasteiger partial charge in [-0.3, -0.25) is 4.90 Å². The Morgan fingerprint density at radius 1 is 0.885 bits per heavy atom. The molecule has 1 aliphatic heterocycles. The van der Waals surface area contributed by atoms with Crippen molar-refractivity contribution in [1.29, 1.82) is 0 Å². The number of halogens is 2. The Hall–Kier alpha value is -1.11. The molecule has 1 saturated heterocycles. The van der Waals surface area contributed by atoms with E-state index < -0.39 is 10.0 Å². The molecule has 2 aromatic rings. The maximum absolute atomic E-state index is 12.7. The summed E-state index contributed by atoms with van der Waals surface area (Å²) in [5, 5.41) is 0.234. The first-order valence-electron chi connectivity index (χ1n) is 8.70. The van der Waals surface area contributed by atoms with E-state index in [1.807, 2.05) is 18.2 Å². The minimum Gasteiger partial charge on any atom is -0.299 e. The van der Waals surface area contributed by atoms with Crippen molar-refractivity contribution in [2.24, 2.45) is 0 Å². The highest BCUT2D eigenvalue weighted by atomic mass is 35.5. The Bertz CT molecular complexity index is 845. The predicted molar refractivity (Wildman–Crippen MR) is 106 cm³/mol. The summed E-state index contributed by atoms with van der Waals surface area (Å²) < 4.78 is 28.0. The maximum atomic E-state index is 12.7. The third-order valence-electron chi connectivity index (χ3n) is 4.60. The van der Waals surface area contributed by atoms with Crippen LogP contribution >= 0.6 is 23.2 Å². The molecule has 0 unspecified atom stereocenters. The molecule has 0 aromatic heterocycles. The second-order valence-electron chi connectivity index (χ2n) is 6.48. The summed E-state index contributed by atoms with van der Waals surface area (Å²) in [7, 11) is -3.80. The fourth-order valence-electron chi connectivity index (χ4n) is 3.23. The fraction of sp³-hybridized carbons (Fsp3) is 0.368. The van der Waals surface area contributed by atoms with Gasteiger partial charge in [-0.05, 0) is 49.2 Å². The van der Waals surface area contributed by atoms with Gasteiger partial charge < -0.3 is 0 Å². The molecule has 0 amide bonds. The number of nitrogens with one attached hydrogen (secondary N) is 1. The van der Waals surface area contributed by atoms with Gasteiger partial charge in [0.15, 0.2) is 0 Å². The van der Waals surface area contributed by atoms with Crippen molar-refractivity contribution < 1.29 is 8.42 Å². The monoisotopic (exact) mass is 412 g/mol. The first-order chi connectivity index (χ1) is 12.5. The number of likely N-dealkylation sites (tertiary alicyclic amines) is 1. The van der Waals surface area contributed by atoms with E-state index in [4.69, 9.17) is 23.2 Å². The summed E-state index contributed by atoms with van der Waals surface area (Å²) in [5.74, 6) is 0. The number of piperidine rings is 1. The lowest BCUT2D eigenvalue weighted by Crippen LogP contribution is -2.30. The smallest absolute Gasteiger partial charge is 0.243 e. The topological polar surface area (TPSA) is 49.4 Å². The standard InChI is InChI=1S/C19H22Cl2N2O2S/c20-17-9-6-10-18(21)19(17)26(24,25)22-13-15-7-2-3-8-16(15)14-23-11-4-1-5-12-23/h2-3,6-10,22H,1,4-5,11-14H2. The predicted octanol–water partition coefficient (Wildman–Crippen LogP) is 4.46. The highest BCUT2D eigenvalue weighted by Crippen LogP contribution is 2.29. The zero-order valence-electron chi connectivity index (χ0n) is 14.4. The van der Waals surface area contributed by atoms with Crippen LogP contribution in [-0.2, 0) is 23.1 Å². The van der Waals surface area contributed by atoms with Crippen molar-refractivity contribution in [3.05, 3.63) is 63.6 Å². The van der Waals surface area contributed by atoms with Gasteiger partial charge in [0, 0.05) is 13.1 Å². The number of sulfonamides is 1. The number of benzene rings is 2. The Morgan fingerprint density at radius 2 is 1.50 bits per heavy atom. The number of nitrogens with zero attached hydrogens (tertiary/aromatic N) is 1. The molecule has 0 radical (unpaired) electrons. The van der Waals surface area contributed by atoms with Crippen LogP contribution < -0.4 is 4.72 Å². The van der Waals surface area contributed by atoms with Crippen LogP contribution in [0.25, 0.3) is 0 Å². The van der Waals surface area contributed by atoms with Crippen molar-refractivity contribution in [2.75, 3.05) is 13.1 Å². The zero-order chi connectivity index (χ0) is 18.6. The molecule has 26 heavy (non-hydrogen) atoms. The summed E-state index contributed by atoms with van der Waals surface area (Å²) >= 11 is 12.1. The molecular weight excluding hydrogens is 391 g/mol. The van der Waals surface area contributed by atoms with Crippen LogP contribution in [0.15, 0.2) is 47.4 Å². The van der Waals surface area contributed by atoms with Crippen LogP contribution in [0.2, 0.25) is 10.0 Å². The van der Waals surface area contributed by atoms with Gasteiger partial charge >= 0.3 is 0 Å². The molecule has 0 aliphatic carbocycles. The van der Waals surface area contributed by atoms with Crippen molar-refractivity contribution in [3.8, 4) is 0 Å². The fourth-order valence-corrected chi connectivity index (χ4v) is 5.37. The molecule has 0 bridgehead atoms. The van der Waals surface area contributed by atoms with E-state index >= 15 is 0 Å². The molecule has 7 heteroatoms. The van der Waals surface area contributed by atoms with Gasteiger partial charge in [0.1, 0.15) is 4.90 Å². The Labute approximate surface area is 165 Å². The van der Waals surface area contributed by atoms with Gasteiger partial charge in [0.25, 0.3) is 0 Å². The van der Waals surface area contributed by atoms with E-state index in [2.05, 4.69) is 15.7 Å². The van der Waals surface area contributed by atoms with E-state index in [0.29, 0.717) is 0 Å². The molecular formula is C19H22Cl2N2O2S. The molecule has 1 heterocycles. The average molecular weight is 413 g/mol. The summed E-state index contributed by atoms with van der Waals surface area (Å²) in [5.41, 5.74) is 2.10. The van der Waals surface area contributed by atoms with Crippen LogP contribution in [0.1, 0.15) is 30.4 Å². The summed E-state index contributed by atoms with van der Waals surface area (Å²) in [4.78, 5) is 2.35. The lowest BCUT2D eigenvalue weighted by atomic mass is 10.1. The minimum absolute atomic E-state index is 0.0724. The number of rotatable bonds is 6. The van der Waals surface area contributed by atoms with E-state index in [0.717, 1.165) is 30.8 Å². The molecule has 3 rings (SSSR count). The molecule has 140 valence electrons. The molecule has 1 fully saturated rings. The van der Waals surface area contributed by atoms with E-state index in [-0.39, 0.29) is 21.5 Å². The molecule has 0 saturated carbocycles. The van der Waals surface area contributed by atoms with Crippen LogP contribution in [0.4, 0.5) is 0 Å². The normalized spacial score (nSPS) is 15.9. The SMILES string of the molecule is O=S(=O)(NCc1ccccc1CN1CCCCC1)c1c(Cl)cccc1Cl. The molecule has 1 aliphatic rings. The Kier molecular flexibility index (Phi) is 6.59. The highest BCUT2D eigenvalue weighted by Gasteiger charge is 2.22. The van der Waals surface area contributed by atoms with Crippen molar-refractivity contribution in [2.45, 2.75) is 37.2 Å². The van der Waals surface area contributed by atoms with Crippen LogP contribution in [0.5, 0.6) is 0 Å². The Balaban J connectivity index is 1.75.